The minimum absolute atomic E-state index is 0.615. The highest BCUT2D eigenvalue weighted by Crippen LogP contribution is 2.08. The molecule has 0 heterocycles. The molecule has 0 radical (unpaired) electrons. The summed E-state index contributed by atoms with van der Waals surface area (Å²) in [6, 6.07) is 9.45. The van der Waals surface area contributed by atoms with Gasteiger partial charge >= 0.3 is 10.4 Å². The molecule has 1 aromatic carbocycles. The van der Waals surface area contributed by atoms with Gasteiger partial charge in [-0.1, -0.05) is 18.2 Å². The summed E-state index contributed by atoms with van der Waals surface area (Å²) in [7, 11) is -4.67. The lowest BCUT2D eigenvalue weighted by Crippen LogP contribution is -2.16. The Kier molecular flexibility index (Phi) is 5.87. The van der Waals surface area contributed by atoms with Crippen LogP contribution in [0, 0.1) is 0 Å². The maximum absolute atomic E-state index is 9.16. The van der Waals surface area contributed by atoms with Crippen molar-refractivity contribution >= 4 is 16.1 Å². The number of benzene rings is 1. The number of hydrogen-bond donors (Lipinski definition) is 3. The number of rotatable bonds is 2. The van der Waals surface area contributed by atoms with Gasteiger partial charge in [0.1, 0.15) is 0 Å². The summed E-state index contributed by atoms with van der Waals surface area (Å²) < 4.78 is 31.6. The monoisotopic (exact) mass is 235 g/mol. The first-order chi connectivity index (χ1) is 6.84. The molecule has 0 spiro atoms. The van der Waals surface area contributed by atoms with E-state index in [2.05, 4.69) is 0 Å². The van der Waals surface area contributed by atoms with E-state index in [0.29, 0.717) is 6.54 Å². The Hall–Kier alpha value is -1.15. The van der Waals surface area contributed by atoms with Gasteiger partial charge in [-0.25, -0.2) is 0 Å². The van der Waals surface area contributed by atoms with Crippen molar-refractivity contribution in [3.05, 3.63) is 30.3 Å². The van der Waals surface area contributed by atoms with E-state index in [1.54, 1.807) is 0 Å². The normalized spacial score (nSPS) is 10.1. The highest BCUT2D eigenvalue weighted by atomic mass is 32.3. The van der Waals surface area contributed by atoms with Crippen molar-refractivity contribution < 1.29 is 22.7 Å². The van der Waals surface area contributed by atoms with Crippen LogP contribution in [0.5, 0.6) is 0 Å². The molecular weight excluding hydrogens is 222 g/mol. The van der Waals surface area contributed by atoms with Crippen LogP contribution in [0.2, 0.25) is 0 Å². The smallest absolute Gasteiger partial charge is 0.288 e. The Morgan fingerprint density at radius 1 is 1.20 bits per heavy atom. The van der Waals surface area contributed by atoms with Crippen LogP contribution in [0.4, 0.5) is 5.69 Å². The average molecular weight is 235 g/mol. The second-order valence-corrected chi connectivity index (χ2v) is 3.39. The second kappa shape index (κ2) is 6.36. The Balaban J connectivity index is 0.000000336. The van der Waals surface area contributed by atoms with Crippen molar-refractivity contribution in [1.82, 2.24) is 0 Å². The fourth-order valence-electron chi connectivity index (χ4n) is 0.783. The topological polar surface area (TPSA) is 98.1 Å². The summed E-state index contributed by atoms with van der Waals surface area (Å²) in [5.74, 6) is 0. The van der Waals surface area contributed by atoms with Crippen molar-refractivity contribution in [2.75, 3.05) is 11.6 Å². The Bertz CT molecular complexity index is 356. The van der Waals surface area contributed by atoms with Crippen molar-refractivity contribution in [3.8, 4) is 0 Å². The van der Waals surface area contributed by atoms with Gasteiger partial charge in [-0.2, -0.15) is 8.42 Å². The lowest BCUT2D eigenvalue weighted by Gasteiger charge is -2.12. The Labute approximate surface area is 88.3 Å². The van der Waals surface area contributed by atoms with Gasteiger partial charge in [0, 0.05) is 6.54 Å². The van der Waals surface area contributed by atoms with Crippen LogP contribution < -0.4 is 5.06 Å². The highest BCUT2D eigenvalue weighted by Gasteiger charge is 1.94. The molecular formula is C8H13NO5S. The standard InChI is InChI=1S/C8H11NO.H2O4S/c1-2-9(10)8-6-4-3-5-7-8;1-5(2,3)4/h3-7,10H,2H2,1H3;(H2,1,2,3,4). The summed E-state index contributed by atoms with van der Waals surface area (Å²) >= 11 is 0. The van der Waals surface area contributed by atoms with Gasteiger partial charge < -0.3 is 0 Å². The summed E-state index contributed by atoms with van der Waals surface area (Å²) in [4.78, 5) is 0. The van der Waals surface area contributed by atoms with Gasteiger partial charge in [0.2, 0.25) is 0 Å². The third-order valence-electron chi connectivity index (χ3n) is 1.35. The third-order valence-corrected chi connectivity index (χ3v) is 1.35. The SMILES string of the molecule is CCN(O)c1ccccc1.O=S(=O)(O)O. The molecule has 0 aliphatic carbocycles. The van der Waals surface area contributed by atoms with Gasteiger partial charge in [0.05, 0.1) is 5.69 Å². The third kappa shape index (κ3) is 9.16. The van der Waals surface area contributed by atoms with E-state index >= 15 is 0 Å². The highest BCUT2D eigenvalue weighted by molar-refractivity contribution is 7.79. The molecule has 0 aliphatic rings. The van der Waals surface area contributed by atoms with E-state index in [1.165, 1.54) is 5.06 Å². The first-order valence-corrected chi connectivity index (χ1v) is 5.45. The van der Waals surface area contributed by atoms with Gasteiger partial charge in [0.15, 0.2) is 0 Å². The first-order valence-electron chi connectivity index (χ1n) is 4.06. The Morgan fingerprint density at radius 2 is 1.60 bits per heavy atom. The fraction of sp³-hybridized carbons (Fsp3) is 0.250. The first kappa shape index (κ1) is 13.8. The van der Waals surface area contributed by atoms with Crippen LogP contribution in [-0.4, -0.2) is 29.3 Å². The van der Waals surface area contributed by atoms with Gasteiger partial charge in [-0.05, 0) is 19.1 Å². The van der Waals surface area contributed by atoms with Gasteiger partial charge in [-0.15, -0.1) is 0 Å². The number of hydroxylamine groups is 1. The molecule has 0 aromatic heterocycles. The lowest BCUT2D eigenvalue weighted by molar-refractivity contribution is 0.260. The molecule has 0 bridgehead atoms. The largest absolute Gasteiger partial charge is 0.394 e. The molecule has 3 N–H and O–H groups in total. The van der Waals surface area contributed by atoms with E-state index in [-0.39, 0.29) is 0 Å². The predicted molar refractivity (Wildman–Crippen MR) is 55.4 cm³/mol. The molecule has 0 unspecified atom stereocenters. The van der Waals surface area contributed by atoms with E-state index in [9.17, 15) is 0 Å². The number of hydrogen-bond acceptors (Lipinski definition) is 4. The molecule has 6 nitrogen and oxygen atoms in total. The van der Waals surface area contributed by atoms with Crippen LogP contribution >= 0.6 is 0 Å². The lowest BCUT2D eigenvalue weighted by atomic mass is 10.3. The van der Waals surface area contributed by atoms with E-state index in [0.717, 1.165) is 5.69 Å². The fourth-order valence-corrected chi connectivity index (χ4v) is 0.783. The maximum Gasteiger partial charge on any atom is 0.394 e. The average Bonchev–Trinajstić information content (AvgIpc) is 2.15. The molecule has 0 fully saturated rings. The molecule has 0 atom stereocenters. The molecule has 0 amide bonds. The molecule has 0 saturated carbocycles. The molecule has 0 aliphatic heterocycles. The van der Waals surface area contributed by atoms with E-state index in [4.69, 9.17) is 22.7 Å². The number of anilines is 1. The van der Waals surface area contributed by atoms with Gasteiger partial charge in [-0.3, -0.25) is 19.4 Å². The Morgan fingerprint density at radius 3 is 1.93 bits per heavy atom. The maximum atomic E-state index is 9.16. The zero-order chi connectivity index (χ0) is 11.9. The quantitative estimate of drug-likeness (QED) is 0.527. The second-order valence-electron chi connectivity index (χ2n) is 2.50. The van der Waals surface area contributed by atoms with Crippen molar-refractivity contribution in [2.45, 2.75) is 6.92 Å². The van der Waals surface area contributed by atoms with Crippen LogP contribution in [-0.2, 0) is 10.4 Å². The predicted octanol–water partition coefficient (Wildman–Crippen LogP) is 1.25. The molecule has 7 heteroatoms. The van der Waals surface area contributed by atoms with Crippen molar-refractivity contribution in [2.24, 2.45) is 0 Å². The minimum atomic E-state index is -4.67. The molecule has 86 valence electrons. The summed E-state index contributed by atoms with van der Waals surface area (Å²) in [6.45, 7) is 2.51. The van der Waals surface area contributed by atoms with Crippen LogP contribution in [0.3, 0.4) is 0 Å². The summed E-state index contributed by atoms with van der Waals surface area (Å²) in [5, 5.41) is 10.4. The zero-order valence-electron chi connectivity index (χ0n) is 8.11. The minimum Gasteiger partial charge on any atom is -0.288 e. The molecule has 1 aromatic rings. The van der Waals surface area contributed by atoms with E-state index < -0.39 is 10.4 Å². The summed E-state index contributed by atoms with van der Waals surface area (Å²) in [5.41, 5.74) is 0.838. The van der Waals surface area contributed by atoms with Crippen LogP contribution in [0.15, 0.2) is 30.3 Å². The van der Waals surface area contributed by atoms with Crippen molar-refractivity contribution in [3.63, 3.8) is 0 Å². The summed E-state index contributed by atoms with van der Waals surface area (Å²) in [6.07, 6.45) is 0. The molecule has 1 rings (SSSR count). The number of nitrogens with zero attached hydrogens (tertiary/aromatic N) is 1. The van der Waals surface area contributed by atoms with Crippen molar-refractivity contribution in [1.29, 1.82) is 0 Å². The molecule has 0 saturated heterocycles. The molecule has 15 heavy (non-hydrogen) atoms. The zero-order valence-corrected chi connectivity index (χ0v) is 8.92. The van der Waals surface area contributed by atoms with Crippen LogP contribution in [0.25, 0.3) is 0 Å². The van der Waals surface area contributed by atoms with E-state index in [1.807, 2.05) is 37.3 Å². The number of para-hydroxylation sites is 1. The van der Waals surface area contributed by atoms with Gasteiger partial charge in [0.25, 0.3) is 0 Å². The van der Waals surface area contributed by atoms with Crippen LogP contribution in [0.1, 0.15) is 6.92 Å².